The van der Waals surface area contributed by atoms with Crippen molar-refractivity contribution in [3.63, 3.8) is 0 Å². The van der Waals surface area contributed by atoms with Crippen LogP contribution in [0.5, 0.6) is 0 Å². The second-order valence-electron chi connectivity index (χ2n) is 5.68. The Morgan fingerprint density at radius 3 is 2.90 bits per heavy atom. The van der Waals surface area contributed by atoms with E-state index in [-0.39, 0.29) is 6.61 Å². The van der Waals surface area contributed by atoms with Gasteiger partial charge < -0.3 is 5.11 Å². The number of hydrogen-bond acceptors (Lipinski definition) is 4. The number of thiophene rings is 1. The minimum Gasteiger partial charge on any atom is -0.396 e. The van der Waals surface area contributed by atoms with Gasteiger partial charge in [-0.3, -0.25) is 0 Å². The number of hydrogen-bond donors (Lipinski definition) is 2. The van der Waals surface area contributed by atoms with E-state index in [2.05, 4.69) is 11.6 Å². The number of sulfonamides is 1. The smallest absolute Gasteiger partial charge is 0.250 e. The van der Waals surface area contributed by atoms with Crippen molar-refractivity contribution in [1.29, 1.82) is 0 Å². The van der Waals surface area contributed by atoms with Crippen LogP contribution in [0.15, 0.2) is 16.3 Å². The second-order valence-corrected chi connectivity index (χ2v) is 8.85. The first-order chi connectivity index (χ1) is 9.51. The van der Waals surface area contributed by atoms with Gasteiger partial charge in [0, 0.05) is 24.4 Å². The van der Waals surface area contributed by atoms with Gasteiger partial charge in [-0.15, -0.1) is 11.3 Å². The molecule has 0 saturated heterocycles. The van der Waals surface area contributed by atoms with E-state index in [1.165, 1.54) is 24.2 Å². The van der Waals surface area contributed by atoms with Crippen molar-refractivity contribution in [2.75, 3.05) is 13.2 Å². The van der Waals surface area contributed by atoms with Crippen LogP contribution in [-0.4, -0.2) is 26.7 Å². The standard InChI is InChI=1S/C14H23NO3S2/c1-11-3-2-4-12(9-11)10-15-20(17,18)14-6-5-13(19-14)7-8-16/h5-6,11-12,15-16H,2-4,7-10H2,1H3. The van der Waals surface area contributed by atoms with Gasteiger partial charge in [-0.2, -0.15) is 0 Å². The Hall–Kier alpha value is -0.430. The van der Waals surface area contributed by atoms with Crippen molar-refractivity contribution in [1.82, 2.24) is 4.72 Å². The summed E-state index contributed by atoms with van der Waals surface area (Å²) in [5.74, 6) is 1.17. The largest absolute Gasteiger partial charge is 0.396 e. The van der Waals surface area contributed by atoms with E-state index in [1.54, 1.807) is 12.1 Å². The van der Waals surface area contributed by atoms with E-state index < -0.39 is 10.0 Å². The number of rotatable bonds is 6. The molecule has 1 fully saturated rings. The topological polar surface area (TPSA) is 66.4 Å². The molecule has 1 aromatic heterocycles. The van der Waals surface area contributed by atoms with Gasteiger partial charge in [0.05, 0.1) is 0 Å². The molecule has 2 rings (SSSR count). The minimum atomic E-state index is -3.39. The van der Waals surface area contributed by atoms with Crippen LogP contribution in [0.1, 0.15) is 37.5 Å². The molecule has 6 heteroatoms. The SMILES string of the molecule is CC1CCCC(CNS(=O)(=O)c2ccc(CCO)s2)C1. The lowest BCUT2D eigenvalue weighted by atomic mass is 9.83. The van der Waals surface area contributed by atoms with Gasteiger partial charge in [0.25, 0.3) is 0 Å². The van der Waals surface area contributed by atoms with Crippen LogP contribution >= 0.6 is 11.3 Å². The highest BCUT2D eigenvalue weighted by Gasteiger charge is 2.22. The van der Waals surface area contributed by atoms with Crippen LogP contribution in [-0.2, 0) is 16.4 Å². The van der Waals surface area contributed by atoms with Crippen molar-refractivity contribution in [3.8, 4) is 0 Å². The molecule has 20 heavy (non-hydrogen) atoms. The fraction of sp³-hybridized carbons (Fsp3) is 0.714. The Labute approximate surface area is 125 Å². The Balaban J connectivity index is 1.92. The van der Waals surface area contributed by atoms with Gasteiger partial charge in [0.15, 0.2) is 0 Å². The van der Waals surface area contributed by atoms with Crippen molar-refractivity contribution in [2.45, 2.75) is 43.2 Å². The van der Waals surface area contributed by atoms with Crippen molar-refractivity contribution >= 4 is 21.4 Å². The molecule has 4 nitrogen and oxygen atoms in total. The Kier molecular flexibility index (Phi) is 5.60. The van der Waals surface area contributed by atoms with Crippen LogP contribution < -0.4 is 4.72 Å². The molecular formula is C14H23NO3S2. The maximum atomic E-state index is 12.2. The molecule has 0 aromatic carbocycles. The van der Waals surface area contributed by atoms with E-state index in [9.17, 15) is 8.42 Å². The van der Waals surface area contributed by atoms with Gasteiger partial charge in [0.2, 0.25) is 10.0 Å². The van der Waals surface area contributed by atoms with Crippen molar-refractivity contribution in [3.05, 3.63) is 17.0 Å². The molecular weight excluding hydrogens is 294 g/mol. The van der Waals surface area contributed by atoms with E-state index in [4.69, 9.17) is 5.11 Å². The zero-order valence-electron chi connectivity index (χ0n) is 11.8. The molecule has 0 aliphatic heterocycles. The fourth-order valence-corrected chi connectivity index (χ4v) is 5.30. The summed E-state index contributed by atoms with van der Waals surface area (Å²) in [6.45, 7) is 2.83. The highest BCUT2D eigenvalue weighted by Crippen LogP contribution is 2.28. The molecule has 1 aromatic rings. The average molecular weight is 317 g/mol. The quantitative estimate of drug-likeness (QED) is 0.846. The van der Waals surface area contributed by atoms with Gasteiger partial charge in [-0.1, -0.05) is 19.8 Å². The van der Waals surface area contributed by atoms with Crippen LogP contribution in [0, 0.1) is 11.8 Å². The Bertz CT molecular complexity index is 524. The number of aliphatic hydroxyl groups excluding tert-OH is 1. The summed E-state index contributed by atoms with van der Waals surface area (Å²) < 4.78 is 27.5. The third-order valence-corrected chi connectivity index (χ3v) is 6.93. The molecule has 1 aliphatic rings. The molecule has 1 heterocycles. The van der Waals surface area contributed by atoms with Crippen molar-refractivity contribution in [2.24, 2.45) is 11.8 Å². The summed E-state index contributed by atoms with van der Waals surface area (Å²) in [6, 6.07) is 3.40. The Morgan fingerprint density at radius 2 is 2.20 bits per heavy atom. The fourth-order valence-electron chi connectivity index (χ4n) is 2.79. The zero-order valence-corrected chi connectivity index (χ0v) is 13.5. The second kappa shape index (κ2) is 7.02. The summed E-state index contributed by atoms with van der Waals surface area (Å²) in [4.78, 5) is 0.902. The van der Waals surface area contributed by atoms with E-state index in [0.29, 0.717) is 29.0 Å². The van der Waals surface area contributed by atoms with Crippen LogP contribution in [0.25, 0.3) is 0 Å². The lowest BCUT2D eigenvalue weighted by molar-refractivity contribution is 0.283. The monoisotopic (exact) mass is 317 g/mol. The summed E-state index contributed by atoms with van der Waals surface area (Å²) >= 11 is 1.24. The first-order valence-electron chi connectivity index (χ1n) is 7.20. The maximum Gasteiger partial charge on any atom is 0.250 e. The van der Waals surface area contributed by atoms with Crippen LogP contribution in [0.2, 0.25) is 0 Å². The molecule has 2 N–H and O–H groups in total. The molecule has 0 spiro atoms. The van der Waals surface area contributed by atoms with Gasteiger partial charge >= 0.3 is 0 Å². The molecule has 0 bridgehead atoms. The first-order valence-corrected chi connectivity index (χ1v) is 9.50. The first kappa shape index (κ1) is 15.9. The normalized spacial score (nSPS) is 23.9. The summed E-state index contributed by atoms with van der Waals surface area (Å²) in [6.07, 6.45) is 5.21. The van der Waals surface area contributed by atoms with Crippen LogP contribution in [0.4, 0.5) is 0 Å². The number of aliphatic hydroxyl groups is 1. The lowest BCUT2D eigenvalue weighted by Crippen LogP contribution is -2.31. The molecule has 1 aliphatic carbocycles. The summed E-state index contributed by atoms with van der Waals surface area (Å²) in [7, 11) is -3.39. The molecule has 0 radical (unpaired) electrons. The number of nitrogens with one attached hydrogen (secondary N) is 1. The van der Waals surface area contributed by atoms with Gasteiger partial charge in [-0.05, 0) is 36.8 Å². The van der Waals surface area contributed by atoms with E-state index >= 15 is 0 Å². The highest BCUT2D eigenvalue weighted by atomic mass is 32.2. The highest BCUT2D eigenvalue weighted by molar-refractivity contribution is 7.91. The third kappa shape index (κ3) is 4.28. The predicted octanol–water partition coefficient (Wildman–Crippen LogP) is 2.39. The van der Waals surface area contributed by atoms with Crippen LogP contribution in [0.3, 0.4) is 0 Å². The van der Waals surface area contributed by atoms with E-state index in [0.717, 1.165) is 17.7 Å². The van der Waals surface area contributed by atoms with Crippen molar-refractivity contribution < 1.29 is 13.5 Å². The van der Waals surface area contributed by atoms with E-state index in [1.807, 2.05) is 0 Å². The van der Waals surface area contributed by atoms with Gasteiger partial charge in [0.1, 0.15) is 4.21 Å². The molecule has 2 atom stereocenters. The summed E-state index contributed by atoms with van der Waals surface area (Å²) in [5, 5.41) is 8.87. The zero-order chi connectivity index (χ0) is 14.6. The molecule has 2 unspecified atom stereocenters. The average Bonchev–Trinajstić information content (AvgIpc) is 2.87. The maximum absolute atomic E-state index is 12.2. The molecule has 114 valence electrons. The summed E-state index contributed by atoms with van der Waals surface area (Å²) in [5.41, 5.74) is 0. The third-order valence-electron chi connectivity index (χ3n) is 3.87. The van der Waals surface area contributed by atoms with Gasteiger partial charge in [-0.25, -0.2) is 13.1 Å². The predicted molar refractivity (Wildman–Crippen MR) is 81.4 cm³/mol. The Morgan fingerprint density at radius 1 is 1.40 bits per heavy atom. The lowest BCUT2D eigenvalue weighted by Gasteiger charge is -2.26. The molecule has 0 amide bonds. The minimum absolute atomic E-state index is 0.0490. The molecule has 1 saturated carbocycles.